The molecule has 9 heteroatoms. The minimum absolute atomic E-state index is 0.0595. The van der Waals surface area contributed by atoms with E-state index in [0.29, 0.717) is 10.9 Å². The molecule has 2 aliphatic rings. The highest BCUT2D eigenvalue weighted by molar-refractivity contribution is 5.86. The molecular weight excluding hydrogens is 354 g/mol. The Morgan fingerprint density at radius 2 is 1.74 bits per heavy atom. The molecule has 0 aliphatic carbocycles. The zero-order valence-corrected chi connectivity index (χ0v) is 14.9. The standard InChI is InChI=1S/C18H21N3O6/c1-8-3-10-5-11-16(19-18(27)20-17(11)26)21(12(10)4-9(8)2)6-13(23)15(25)14(24)7-22/h3-5,13-15,22-25H,6-7H2,1-2H3,(H,20,26,27)/t13-,14+,15+/m0/s1. The van der Waals surface area contributed by atoms with Crippen molar-refractivity contribution in [3.8, 4) is 11.4 Å². The Morgan fingerprint density at radius 1 is 1.07 bits per heavy atom. The van der Waals surface area contributed by atoms with E-state index in [0.717, 1.165) is 11.1 Å². The van der Waals surface area contributed by atoms with Crippen molar-refractivity contribution in [2.24, 2.45) is 0 Å². The summed E-state index contributed by atoms with van der Waals surface area (Å²) >= 11 is 0. The Hall–Kier alpha value is -2.59. The van der Waals surface area contributed by atoms with Gasteiger partial charge in [-0.25, -0.2) is 4.79 Å². The molecule has 0 saturated carbocycles. The molecule has 2 aliphatic heterocycles. The molecule has 1 aromatic carbocycles. The molecule has 27 heavy (non-hydrogen) atoms. The number of aryl methyl sites for hydroxylation is 2. The normalized spacial score (nSPS) is 15.2. The molecule has 1 aromatic rings. The quantitative estimate of drug-likeness (QED) is 0.355. The monoisotopic (exact) mass is 375 g/mol. The van der Waals surface area contributed by atoms with Crippen LogP contribution in [0.2, 0.25) is 0 Å². The largest absolute Gasteiger partial charge is 0.394 e. The van der Waals surface area contributed by atoms with E-state index in [2.05, 4.69) is 9.97 Å². The van der Waals surface area contributed by atoms with Crippen molar-refractivity contribution in [2.45, 2.75) is 38.7 Å². The van der Waals surface area contributed by atoms with Crippen LogP contribution in [0, 0.1) is 13.8 Å². The summed E-state index contributed by atoms with van der Waals surface area (Å²) in [6.45, 7) is 2.85. The van der Waals surface area contributed by atoms with Crippen LogP contribution in [0.5, 0.6) is 0 Å². The molecule has 3 atom stereocenters. The number of benzene rings is 1. The number of rotatable bonds is 5. The maximum absolute atomic E-state index is 12.2. The van der Waals surface area contributed by atoms with Crippen LogP contribution in [0.3, 0.4) is 0 Å². The molecule has 144 valence electrons. The number of H-pyrrole nitrogens is 1. The Morgan fingerprint density at radius 3 is 2.41 bits per heavy atom. The van der Waals surface area contributed by atoms with Gasteiger partial charge in [0, 0.05) is 0 Å². The van der Waals surface area contributed by atoms with Gasteiger partial charge in [-0.3, -0.25) is 9.78 Å². The van der Waals surface area contributed by atoms with E-state index < -0.39 is 36.2 Å². The lowest BCUT2D eigenvalue weighted by atomic mass is 10.0. The first-order chi connectivity index (χ1) is 12.7. The Bertz CT molecular complexity index is 1070. The van der Waals surface area contributed by atoms with Crippen LogP contribution < -0.4 is 11.2 Å². The first-order valence-corrected chi connectivity index (χ1v) is 8.42. The lowest BCUT2D eigenvalue weighted by Crippen LogP contribution is -2.42. The van der Waals surface area contributed by atoms with Crippen molar-refractivity contribution in [1.29, 1.82) is 0 Å². The van der Waals surface area contributed by atoms with Crippen molar-refractivity contribution >= 4 is 10.9 Å². The van der Waals surface area contributed by atoms with Crippen LogP contribution in [0.1, 0.15) is 11.1 Å². The smallest absolute Gasteiger partial charge is 0.349 e. The van der Waals surface area contributed by atoms with Gasteiger partial charge in [0.05, 0.1) is 24.2 Å². The van der Waals surface area contributed by atoms with Gasteiger partial charge in [-0.2, -0.15) is 4.98 Å². The molecule has 0 saturated heterocycles. The van der Waals surface area contributed by atoms with Crippen LogP contribution in [-0.4, -0.2) is 59.9 Å². The van der Waals surface area contributed by atoms with E-state index in [1.807, 2.05) is 26.0 Å². The number of nitrogens with one attached hydrogen (secondary N) is 1. The van der Waals surface area contributed by atoms with Crippen LogP contribution in [0.4, 0.5) is 0 Å². The van der Waals surface area contributed by atoms with Gasteiger partial charge < -0.3 is 25.0 Å². The fraction of sp³-hybridized carbons (Fsp3) is 0.389. The minimum atomic E-state index is -1.62. The van der Waals surface area contributed by atoms with Gasteiger partial charge in [-0.05, 0) is 48.6 Å². The second kappa shape index (κ2) is 7.20. The highest BCUT2D eigenvalue weighted by Gasteiger charge is 2.27. The number of aliphatic hydroxyl groups excluding tert-OH is 4. The molecule has 9 nitrogen and oxygen atoms in total. The van der Waals surface area contributed by atoms with Crippen molar-refractivity contribution < 1.29 is 20.4 Å². The van der Waals surface area contributed by atoms with E-state index in [-0.39, 0.29) is 17.9 Å². The molecule has 0 aromatic heterocycles. The molecule has 0 radical (unpaired) electrons. The second-order valence-electron chi connectivity index (χ2n) is 6.67. The number of pyridine rings is 1. The van der Waals surface area contributed by atoms with Gasteiger partial charge in [-0.15, -0.1) is 0 Å². The predicted molar refractivity (Wildman–Crippen MR) is 97.8 cm³/mol. The van der Waals surface area contributed by atoms with E-state index in [4.69, 9.17) is 5.11 Å². The SMILES string of the molecule is Cc1cc2cc3c(=O)[nH]c(=O)nc-3n(C[C@H](O)[C@@H](O)[C@H](O)CO)c2cc1C. The number of aliphatic hydroxyl groups is 4. The third-order valence-corrected chi connectivity index (χ3v) is 4.75. The lowest BCUT2D eigenvalue weighted by molar-refractivity contribution is -0.0802. The molecule has 3 rings (SSSR count). The number of aromatic amines is 1. The van der Waals surface area contributed by atoms with Crippen molar-refractivity contribution in [1.82, 2.24) is 14.5 Å². The Labute approximate surface area is 153 Å². The summed E-state index contributed by atoms with van der Waals surface area (Å²) in [5.74, 6) is 0.0595. The summed E-state index contributed by atoms with van der Waals surface area (Å²) in [7, 11) is 0. The average molecular weight is 375 g/mol. The summed E-state index contributed by atoms with van der Waals surface area (Å²) < 4.78 is 1.46. The minimum Gasteiger partial charge on any atom is -0.394 e. The topological polar surface area (TPSA) is 149 Å². The maximum Gasteiger partial charge on any atom is 0.349 e. The van der Waals surface area contributed by atoms with Crippen molar-refractivity contribution in [2.75, 3.05) is 6.61 Å². The molecule has 5 N–H and O–H groups in total. The number of nitrogens with zero attached hydrogens (tertiary/aromatic N) is 2. The zero-order valence-electron chi connectivity index (χ0n) is 14.9. The third kappa shape index (κ3) is 3.50. The first kappa shape index (κ1) is 19.2. The van der Waals surface area contributed by atoms with Crippen LogP contribution >= 0.6 is 0 Å². The van der Waals surface area contributed by atoms with Crippen LogP contribution in [0.15, 0.2) is 27.8 Å². The van der Waals surface area contributed by atoms with Gasteiger partial charge >= 0.3 is 5.69 Å². The van der Waals surface area contributed by atoms with Crippen LogP contribution in [-0.2, 0) is 6.54 Å². The average Bonchev–Trinajstić information content (AvgIpc) is 2.62. The highest BCUT2D eigenvalue weighted by Crippen LogP contribution is 2.27. The van der Waals surface area contributed by atoms with Gasteiger partial charge in [0.25, 0.3) is 5.56 Å². The zero-order chi connectivity index (χ0) is 19.9. The number of hydrogen-bond acceptors (Lipinski definition) is 7. The number of hydrogen-bond donors (Lipinski definition) is 5. The van der Waals surface area contributed by atoms with E-state index in [1.165, 1.54) is 4.57 Å². The summed E-state index contributed by atoms with van der Waals surface area (Å²) in [6.07, 6.45) is -4.62. The molecule has 0 bridgehead atoms. The molecule has 0 fully saturated rings. The number of aromatic nitrogens is 3. The fourth-order valence-corrected chi connectivity index (χ4v) is 3.07. The fourth-order valence-electron chi connectivity index (χ4n) is 3.07. The van der Waals surface area contributed by atoms with E-state index >= 15 is 0 Å². The van der Waals surface area contributed by atoms with Gasteiger partial charge in [-0.1, -0.05) is 0 Å². The summed E-state index contributed by atoms with van der Waals surface area (Å²) in [5, 5.41) is 39.5. The third-order valence-electron chi connectivity index (χ3n) is 4.75. The molecule has 0 unspecified atom stereocenters. The Kier molecular flexibility index (Phi) is 5.11. The molecular formula is C18H21N3O6. The summed E-state index contributed by atoms with van der Waals surface area (Å²) in [4.78, 5) is 29.9. The van der Waals surface area contributed by atoms with Gasteiger partial charge in [0.1, 0.15) is 18.3 Å². The Balaban J connectivity index is 2.28. The van der Waals surface area contributed by atoms with E-state index in [1.54, 1.807) is 6.07 Å². The molecule has 0 amide bonds. The number of fused-ring (bicyclic) bond motifs is 2. The lowest BCUT2D eigenvalue weighted by Gasteiger charge is -2.25. The van der Waals surface area contributed by atoms with Gasteiger partial charge in [0.2, 0.25) is 0 Å². The van der Waals surface area contributed by atoms with Gasteiger partial charge in [0.15, 0.2) is 5.82 Å². The summed E-state index contributed by atoms with van der Waals surface area (Å²) in [5.41, 5.74) is 1.28. The predicted octanol–water partition coefficient (Wildman–Crippen LogP) is -1.12. The molecule has 2 heterocycles. The van der Waals surface area contributed by atoms with Crippen LogP contribution in [0.25, 0.3) is 22.3 Å². The summed E-state index contributed by atoms with van der Waals surface area (Å²) in [6, 6.07) is 5.32. The van der Waals surface area contributed by atoms with Crippen molar-refractivity contribution in [3.63, 3.8) is 0 Å². The highest BCUT2D eigenvalue weighted by atomic mass is 16.4. The molecule has 0 spiro atoms. The second-order valence-corrected chi connectivity index (χ2v) is 6.67. The van der Waals surface area contributed by atoms with E-state index in [9.17, 15) is 24.9 Å². The maximum atomic E-state index is 12.2. The first-order valence-electron chi connectivity index (χ1n) is 8.42. The van der Waals surface area contributed by atoms with Crippen molar-refractivity contribution in [3.05, 3.63) is 50.2 Å².